The van der Waals surface area contributed by atoms with E-state index in [1.807, 2.05) is 16.8 Å². The molecule has 0 aliphatic heterocycles. The van der Waals surface area contributed by atoms with Crippen molar-refractivity contribution in [1.82, 2.24) is 24.2 Å². The largest absolute Gasteiger partial charge is 0.300 e. The monoisotopic (exact) mass is 381 g/mol. The second-order valence-corrected chi connectivity index (χ2v) is 7.50. The minimum atomic E-state index is 0.555. The van der Waals surface area contributed by atoms with Gasteiger partial charge in [-0.05, 0) is 55.4 Å². The van der Waals surface area contributed by atoms with Gasteiger partial charge in [-0.1, -0.05) is 38.1 Å². The number of hydrogen-bond donors (Lipinski definition) is 0. The molecule has 0 bridgehead atoms. The molecule has 0 atom stereocenters. The van der Waals surface area contributed by atoms with Crippen LogP contribution >= 0.6 is 12.2 Å². The van der Waals surface area contributed by atoms with Gasteiger partial charge in [-0.25, -0.2) is 4.68 Å². The fourth-order valence-electron chi connectivity index (χ4n) is 3.13. The molecule has 0 aliphatic rings. The lowest BCUT2D eigenvalue weighted by atomic mass is 10.0. The van der Waals surface area contributed by atoms with E-state index in [4.69, 9.17) is 17.3 Å². The summed E-state index contributed by atoms with van der Waals surface area (Å²) in [5.41, 5.74) is 3.69. The molecule has 0 radical (unpaired) electrons. The second kappa shape index (κ2) is 8.59. The quantitative estimate of drug-likeness (QED) is 0.556. The van der Waals surface area contributed by atoms with Crippen LogP contribution in [-0.4, -0.2) is 31.3 Å². The molecule has 0 unspecified atom stereocenters. The summed E-state index contributed by atoms with van der Waals surface area (Å²) in [6, 6.07) is 12.8. The third kappa shape index (κ3) is 4.51. The van der Waals surface area contributed by atoms with Crippen molar-refractivity contribution in [3.8, 4) is 11.4 Å². The van der Waals surface area contributed by atoms with Gasteiger partial charge in [0.1, 0.15) is 0 Å². The summed E-state index contributed by atoms with van der Waals surface area (Å²) in [4.78, 5) is 6.32. The fraction of sp³-hybridized carbons (Fsp3) is 0.381. The number of pyridine rings is 1. The van der Waals surface area contributed by atoms with Gasteiger partial charge >= 0.3 is 0 Å². The lowest BCUT2D eigenvalue weighted by molar-refractivity contribution is 0.244. The molecular weight excluding hydrogens is 354 g/mol. The van der Waals surface area contributed by atoms with Crippen molar-refractivity contribution in [2.75, 3.05) is 7.05 Å². The predicted octanol–water partition coefficient (Wildman–Crippen LogP) is 4.71. The molecule has 3 aromatic rings. The van der Waals surface area contributed by atoms with Gasteiger partial charge in [0.15, 0.2) is 10.6 Å². The van der Waals surface area contributed by atoms with E-state index in [0.717, 1.165) is 29.2 Å². The van der Waals surface area contributed by atoms with Crippen LogP contribution in [0.3, 0.4) is 0 Å². The van der Waals surface area contributed by atoms with Crippen molar-refractivity contribution in [1.29, 1.82) is 0 Å². The minimum Gasteiger partial charge on any atom is -0.300 e. The van der Waals surface area contributed by atoms with E-state index in [0.29, 0.717) is 12.6 Å². The van der Waals surface area contributed by atoms with E-state index in [2.05, 4.69) is 66.5 Å². The highest BCUT2D eigenvalue weighted by molar-refractivity contribution is 7.71. The van der Waals surface area contributed by atoms with E-state index in [-0.39, 0.29) is 0 Å². The Bertz CT molecular complexity index is 925. The molecular formula is C21H27N5S. The molecule has 0 fully saturated rings. The average Bonchev–Trinajstić information content (AvgIpc) is 2.98. The van der Waals surface area contributed by atoms with Crippen molar-refractivity contribution < 1.29 is 0 Å². The van der Waals surface area contributed by atoms with E-state index in [1.54, 1.807) is 12.4 Å². The van der Waals surface area contributed by atoms with Crippen molar-refractivity contribution in [2.45, 2.75) is 46.4 Å². The van der Waals surface area contributed by atoms with E-state index in [9.17, 15) is 0 Å². The van der Waals surface area contributed by atoms with Crippen LogP contribution in [0, 0.1) is 4.77 Å². The molecule has 2 aromatic heterocycles. The van der Waals surface area contributed by atoms with Crippen molar-refractivity contribution in [3.05, 3.63) is 64.7 Å². The van der Waals surface area contributed by atoms with Gasteiger partial charge in [0.2, 0.25) is 0 Å². The van der Waals surface area contributed by atoms with Gasteiger partial charge in [0, 0.05) is 31.0 Å². The molecule has 5 nitrogen and oxygen atoms in total. The molecule has 0 aliphatic carbocycles. The molecule has 0 spiro atoms. The minimum absolute atomic E-state index is 0.555. The predicted molar refractivity (Wildman–Crippen MR) is 112 cm³/mol. The SMILES string of the molecule is CCn1c(-c2ccncc2)nn(CN(C)Cc2ccc(C(C)C)cc2)c1=S. The van der Waals surface area contributed by atoms with Crippen molar-refractivity contribution >= 4 is 12.2 Å². The summed E-state index contributed by atoms with van der Waals surface area (Å²) in [6.45, 7) is 8.81. The topological polar surface area (TPSA) is 38.9 Å². The van der Waals surface area contributed by atoms with Crippen LogP contribution in [0.15, 0.2) is 48.8 Å². The maximum atomic E-state index is 5.66. The van der Waals surface area contributed by atoms with Crippen LogP contribution in [0.1, 0.15) is 37.8 Å². The molecule has 0 amide bonds. The number of rotatable bonds is 7. The van der Waals surface area contributed by atoms with Crippen LogP contribution in [-0.2, 0) is 19.8 Å². The third-order valence-electron chi connectivity index (χ3n) is 4.65. The van der Waals surface area contributed by atoms with Crippen molar-refractivity contribution in [2.24, 2.45) is 0 Å². The zero-order valence-corrected chi connectivity index (χ0v) is 17.3. The summed E-state index contributed by atoms with van der Waals surface area (Å²) in [5.74, 6) is 1.44. The first-order valence-electron chi connectivity index (χ1n) is 9.35. The third-order valence-corrected chi connectivity index (χ3v) is 5.08. The van der Waals surface area contributed by atoms with Gasteiger partial charge in [0.25, 0.3) is 0 Å². The summed E-state index contributed by atoms with van der Waals surface area (Å²) in [6.07, 6.45) is 3.56. The smallest absolute Gasteiger partial charge is 0.199 e. The van der Waals surface area contributed by atoms with Crippen LogP contribution in [0.4, 0.5) is 0 Å². The molecule has 2 heterocycles. The average molecular weight is 382 g/mol. The molecule has 27 heavy (non-hydrogen) atoms. The summed E-state index contributed by atoms with van der Waals surface area (Å²) < 4.78 is 4.71. The highest BCUT2D eigenvalue weighted by atomic mass is 32.1. The highest BCUT2D eigenvalue weighted by Gasteiger charge is 2.13. The Hall–Kier alpha value is -2.31. The van der Waals surface area contributed by atoms with Gasteiger partial charge in [0.05, 0.1) is 6.67 Å². The molecule has 142 valence electrons. The Morgan fingerprint density at radius 2 is 1.74 bits per heavy atom. The van der Waals surface area contributed by atoms with Crippen LogP contribution < -0.4 is 0 Å². The lowest BCUT2D eigenvalue weighted by Crippen LogP contribution is -2.22. The Kier molecular flexibility index (Phi) is 6.19. The fourth-order valence-corrected chi connectivity index (χ4v) is 3.45. The maximum Gasteiger partial charge on any atom is 0.199 e. The lowest BCUT2D eigenvalue weighted by Gasteiger charge is -2.17. The highest BCUT2D eigenvalue weighted by Crippen LogP contribution is 2.18. The van der Waals surface area contributed by atoms with Gasteiger partial charge < -0.3 is 4.57 Å². The summed E-state index contributed by atoms with van der Waals surface area (Å²) >= 11 is 5.66. The van der Waals surface area contributed by atoms with Gasteiger partial charge in [-0.2, -0.15) is 5.10 Å². The summed E-state index contributed by atoms with van der Waals surface area (Å²) in [5, 5.41) is 4.78. The normalized spacial score (nSPS) is 11.5. The standard InChI is InChI=1S/C21H27N5S/c1-5-25-20(19-10-12-22-13-11-19)23-26(21(25)27)15-24(4)14-17-6-8-18(9-7-17)16(2)3/h6-13,16H,5,14-15H2,1-4H3. The number of benzene rings is 1. The molecule has 0 saturated heterocycles. The first-order chi connectivity index (χ1) is 13.0. The van der Waals surface area contributed by atoms with Crippen LogP contribution in [0.2, 0.25) is 0 Å². The number of hydrogen-bond acceptors (Lipinski definition) is 4. The van der Waals surface area contributed by atoms with E-state index < -0.39 is 0 Å². The molecule has 0 N–H and O–H groups in total. The number of aromatic nitrogens is 4. The second-order valence-electron chi connectivity index (χ2n) is 7.14. The van der Waals surface area contributed by atoms with Crippen LogP contribution in [0.5, 0.6) is 0 Å². The van der Waals surface area contributed by atoms with E-state index in [1.165, 1.54) is 11.1 Å². The zero-order chi connectivity index (χ0) is 19.4. The first-order valence-corrected chi connectivity index (χ1v) is 9.75. The van der Waals surface area contributed by atoms with Gasteiger partial charge in [-0.3, -0.25) is 9.88 Å². The molecule has 3 rings (SSSR count). The van der Waals surface area contributed by atoms with Crippen molar-refractivity contribution in [3.63, 3.8) is 0 Å². The van der Waals surface area contributed by atoms with Gasteiger partial charge in [-0.15, -0.1) is 0 Å². The maximum absolute atomic E-state index is 5.66. The Labute approximate surface area is 166 Å². The Balaban J connectivity index is 1.77. The molecule has 6 heteroatoms. The molecule has 0 saturated carbocycles. The Morgan fingerprint density at radius 3 is 2.33 bits per heavy atom. The van der Waals surface area contributed by atoms with E-state index >= 15 is 0 Å². The molecule has 1 aromatic carbocycles. The first kappa shape index (κ1) is 19.5. The summed E-state index contributed by atoms with van der Waals surface area (Å²) in [7, 11) is 2.09. The van der Waals surface area contributed by atoms with Crippen LogP contribution in [0.25, 0.3) is 11.4 Å². The Morgan fingerprint density at radius 1 is 1.07 bits per heavy atom. The zero-order valence-electron chi connectivity index (χ0n) is 16.5. The number of nitrogens with zero attached hydrogens (tertiary/aromatic N) is 5.